The van der Waals surface area contributed by atoms with E-state index in [0.29, 0.717) is 0 Å². The van der Waals surface area contributed by atoms with Gasteiger partial charge in [-0.3, -0.25) is 0 Å². The smallest absolute Gasteiger partial charge is 0.00625 e. The van der Waals surface area contributed by atoms with Crippen LogP contribution in [0.3, 0.4) is 0 Å². The van der Waals surface area contributed by atoms with Crippen LogP contribution >= 0.6 is 0 Å². The summed E-state index contributed by atoms with van der Waals surface area (Å²) < 4.78 is 0. The lowest BCUT2D eigenvalue weighted by Gasteiger charge is -2.03. The quantitative estimate of drug-likeness (QED) is 0.222. The standard InChI is InChI=1S/C21H41N/c1-2-3-4-5-6-7-8-9-10-11-12-13-14-15-16-17-18-19-20-21-22/h18-21H,2-17,22H2,1H3. The first-order valence-electron chi connectivity index (χ1n) is 9.95. The maximum absolute atomic E-state index is 5.27. The summed E-state index contributed by atoms with van der Waals surface area (Å²) >= 11 is 0. The number of nitrogens with two attached hydrogens (primary N) is 1. The third-order valence-corrected chi connectivity index (χ3v) is 4.33. The summed E-state index contributed by atoms with van der Waals surface area (Å²) in [5.41, 5.74) is 5.27. The van der Waals surface area contributed by atoms with E-state index in [9.17, 15) is 0 Å². The fraction of sp³-hybridized carbons (Fsp3) is 0.810. The zero-order valence-corrected chi connectivity index (χ0v) is 15.2. The molecule has 0 saturated carbocycles. The van der Waals surface area contributed by atoms with Crippen molar-refractivity contribution in [3.05, 3.63) is 24.4 Å². The van der Waals surface area contributed by atoms with Crippen LogP contribution in [0.4, 0.5) is 0 Å². The van der Waals surface area contributed by atoms with Crippen LogP contribution in [0, 0.1) is 0 Å². The van der Waals surface area contributed by atoms with E-state index in [2.05, 4.69) is 13.0 Å². The summed E-state index contributed by atoms with van der Waals surface area (Å²) in [5, 5.41) is 0. The van der Waals surface area contributed by atoms with Crippen LogP contribution in [-0.2, 0) is 0 Å². The highest BCUT2D eigenvalue weighted by molar-refractivity contribution is 5.00. The Bertz CT molecular complexity index is 242. The fourth-order valence-corrected chi connectivity index (χ4v) is 2.87. The summed E-state index contributed by atoms with van der Waals surface area (Å²) in [6, 6.07) is 0. The molecule has 0 spiro atoms. The lowest BCUT2D eigenvalue weighted by molar-refractivity contribution is 0.533. The Morgan fingerprint density at radius 3 is 1.36 bits per heavy atom. The first-order chi connectivity index (χ1) is 10.9. The zero-order chi connectivity index (χ0) is 16.1. The number of hydrogen-bond donors (Lipinski definition) is 1. The van der Waals surface area contributed by atoms with E-state index < -0.39 is 0 Å². The van der Waals surface area contributed by atoms with E-state index in [1.54, 1.807) is 6.20 Å². The van der Waals surface area contributed by atoms with Crippen LogP contribution in [0.15, 0.2) is 24.4 Å². The van der Waals surface area contributed by atoms with Crippen LogP contribution in [-0.4, -0.2) is 0 Å². The minimum absolute atomic E-state index is 1.20. The summed E-state index contributed by atoms with van der Waals surface area (Å²) in [4.78, 5) is 0. The molecule has 130 valence electrons. The second kappa shape index (κ2) is 20.3. The fourth-order valence-electron chi connectivity index (χ4n) is 2.87. The van der Waals surface area contributed by atoms with Gasteiger partial charge in [0.05, 0.1) is 0 Å². The largest absolute Gasteiger partial charge is 0.405 e. The van der Waals surface area contributed by atoms with Gasteiger partial charge in [0, 0.05) is 0 Å². The van der Waals surface area contributed by atoms with Gasteiger partial charge in [0.1, 0.15) is 0 Å². The van der Waals surface area contributed by atoms with Crippen molar-refractivity contribution >= 4 is 0 Å². The third kappa shape index (κ3) is 19.3. The van der Waals surface area contributed by atoms with E-state index in [0.717, 1.165) is 0 Å². The molecule has 0 atom stereocenters. The topological polar surface area (TPSA) is 26.0 Å². The Morgan fingerprint density at radius 2 is 0.955 bits per heavy atom. The lowest BCUT2D eigenvalue weighted by atomic mass is 10.0. The lowest BCUT2D eigenvalue weighted by Crippen LogP contribution is -1.83. The third-order valence-electron chi connectivity index (χ3n) is 4.33. The molecule has 2 N–H and O–H groups in total. The molecule has 0 aliphatic rings. The Morgan fingerprint density at radius 1 is 0.545 bits per heavy atom. The summed E-state index contributed by atoms with van der Waals surface area (Å²) in [7, 11) is 0. The predicted molar refractivity (Wildman–Crippen MR) is 102 cm³/mol. The Kier molecular flexibility index (Phi) is 19.6. The van der Waals surface area contributed by atoms with Crippen molar-refractivity contribution < 1.29 is 0 Å². The van der Waals surface area contributed by atoms with Crippen LogP contribution in [0.25, 0.3) is 0 Å². The van der Waals surface area contributed by atoms with E-state index >= 15 is 0 Å². The maximum Gasteiger partial charge on any atom is -0.00625 e. The van der Waals surface area contributed by atoms with Crippen molar-refractivity contribution in [1.82, 2.24) is 0 Å². The molecule has 0 fully saturated rings. The number of allylic oxidation sites excluding steroid dienone is 3. The second-order valence-corrected chi connectivity index (χ2v) is 6.55. The number of unbranched alkanes of at least 4 members (excludes halogenated alkanes) is 15. The number of hydrogen-bond acceptors (Lipinski definition) is 1. The van der Waals surface area contributed by atoms with Crippen molar-refractivity contribution in [2.24, 2.45) is 5.73 Å². The highest BCUT2D eigenvalue weighted by Crippen LogP contribution is 2.13. The van der Waals surface area contributed by atoms with Gasteiger partial charge in [0.15, 0.2) is 0 Å². The monoisotopic (exact) mass is 307 g/mol. The van der Waals surface area contributed by atoms with Gasteiger partial charge in [0.25, 0.3) is 0 Å². The molecule has 1 heteroatoms. The predicted octanol–water partition coefficient (Wildman–Crippen LogP) is 7.28. The first kappa shape index (κ1) is 21.3. The van der Waals surface area contributed by atoms with Gasteiger partial charge in [-0.25, -0.2) is 0 Å². The average molecular weight is 308 g/mol. The van der Waals surface area contributed by atoms with Crippen molar-refractivity contribution in [2.75, 3.05) is 0 Å². The Hall–Kier alpha value is -0.720. The molecule has 0 aliphatic carbocycles. The molecule has 0 aromatic rings. The Labute approximate surface area is 140 Å². The van der Waals surface area contributed by atoms with Crippen molar-refractivity contribution in [1.29, 1.82) is 0 Å². The molecular weight excluding hydrogens is 266 g/mol. The van der Waals surface area contributed by atoms with Gasteiger partial charge in [-0.15, -0.1) is 0 Å². The second-order valence-electron chi connectivity index (χ2n) is 6.55. The van der Waals surface area contributed by atoms with Crippen molar-refractivity contribution in [3.8, 4) is 0 Å². The summed E-state index contributed by atoms with van der Waals surface area (Å²) in [6.45, 7) is 2.29. The summed E-state index contributed by atoms with van der Waals surface area (Å²) in [5.74, 6) is 0. The zero-order valence-electron chi connectivity index (χ0n) is 15.2. The first-order valence-corrected chi connectivity index (χ1v) is 9.95. The molecule has 0 radical (unpaired) electrons. The van der Waals surface area contributed by atoms with Gasteiger partial charge >= 0.3 is 0 Å². The number of rotatable bonds is 17. The molecule has 0 rings (SSSR count). The molecule has 22 heavy (non-hydrogen) atoms. The van der Waals surface area contributed by atoms with Gasteiger partial charge in [-0.1, -0.05) is 109 Å². The highest BCUT2D eigenvalue weighted by Gasteiger charge is 1.93. The van der Waals surface area contributed by atoms with E-state index in [1.165, 1.54) is 103 Å². The Balaban J connectivity index is 2.99. The van der Waals surface area contributed by atoms with Crippen molar-refractivity contribution in [2.45, 2.75) is 110 Å². The molecule has 0 unspecified atom stereocenters. The van der Waals surface area contributed by atoms with Gasteiger partial charge in [0.2, 0.25) is 0 Å². The average Bonchev–Trinajstić information content (AvgIpc) is 2.54. The summed E-state index contributed by atoms with van der Waals surface area (Å²) in [6.07, 6.45) is 30.4. The minimum atomic E-state index is 1.20. The van der Waals surface area contributed by atoms with E-state index in [4.69, 9.17) is 5.73 Å². The molecule has 0 bridgehead atoms. The van der Waals surface area contributed by atoms with Gasteiger partial charge in [-0.05, 0) is 25.1 Å². The van der Waals surface area contributed by atoms with Crippen molar-refractivity contribution in [3.63, 3.8) is 0 Å². The molecule has 0 amide bonds. The maximum atomic E-state index is 5.27. The van der Waals surface area contributed by atoms with E-state index in [1.807, 2.05) is 12.2 Å². The molecule has 1 nitrogen and oxygen atoms in total. The van der Waals surface area contributed by atoms with Crippen LogP contribution < -0.4 is 5.73 Å². The molecule has 0 heterocycles. The van der Waals surface area contributed by atoms with E-state index in [-0.39, 0.29) is 0 Å². The molecular formula is C21H41N. The normalized spacial score (nSPS) is 11.9. The highest BCUT2D eigenvalue weighted by atomic mass is 14.5. The van der Waals surface area contributed by atoms with Crippen LogP contribution in [0.2, 0.25) is 0 Å². The molecule has 0 aromatic heterocycles. The molecule has 0 aliphatic heterocycles. The molecule has 0 saturated heterocycles. The SMILES string of the molecule is CCCCCCCCCCCCCCCCCC=CC=CN. The van der Waals surface area contributed by atoms with Crippen LogP contribution in [0.1, 0.15) is 110 Å². The minimum Gasteiger partial charge on any atom is -0.405 e. The van der Waals surface area contributed by atoms with Crippen LogP contribution in [0.5, 0.6) is 0 Å². The van der Waals surface area contributed by atoms with Gasteiger partial charge in [-0.2, -0.15) is 0 Å². The molecule has 0 aromatic carbocycles. The van der Waals surface area contributed by atoms with Gasteiger partial charge < -0.3 is 5.73 Å².